The second-order valence-electron chi connectivity index (χ2n) is 3.41. The number of rotatable bonds is 3. The molecule has 0 aliphatic carbocycles. The Labute approximate surface area is 93.0 Å². The Hall–Kier alpha value is -2.04. The first-order valence-electron chi connectivity index (χ1n) is 5.05. The van der Waals surface area contributed by atoms with E-state index in [1.54, 1.807) is 30.2 Å². The first-order valence-corrected chi connectivity index (χ1v) is 5.05. The number of hydrogen-bond acceptors (Lipinski definition) is 3. The lowest BCUT2D eigenvalue weighted by Crippen LogP contribution is -2.04. The molecule has 0 aliphatic heterocycles. The van der Waals surface area contributed by atoms with Crippen molar-refractivity contribution >= 4 is 5.97 Å². The normalized spacial score (nSPS) is 10.4. The van der Waals surface area contributed by atoms with Gasteiger partial charge < -0.3 is 9.72 Å². The van der Waals surface area contributed by atoms with Gasteiger partial charge in [0.25, 0.3) is 0 Å². The molecule has 0 unspecified atom stereocenters. The largest absolute Gasteiger partial charge is 0.462 e. The molecular formula is C11H13N3O2. The van der Waals surface area contributed by atoms with E-state index in [4.69, 9.17) is 4.74 Å². The third-order valence-corrected chi connectivity index (χ3v) is 2.26. The average molecular weight is 219 g/mol. The number of aromatic amines is 1. The molecule has 84 valence electrons. The number of carbonyl (C=O) groups is 1. The minimum Gasteiger partial charge on any atom is -0.462 e. The number of nitrogens with zero attached hydrogens (tertiary/aromatic N) is 2. The van der Waals surface area contributed by atoms with Gasteiger partial charge in [-0.1, -0.05) is 0 Å². The number of esters is 1. The summed E-state index contributed by atoms with van der Waals surface area (Å²) in [5, 5.41) is 4.07. The van der Waals surface area contributed by atoms with Gasteiger partial charge in [-0.05, 0) is 6.92 Å². The summed E-state index contributed by atoms with van der Waals surface area (Å²) >= 11 is 0. The van der Waals surface area contributed by atoms with Crippen LogP contribution in [0.25, 0.3) is 11.1 Å². The van der Waals surface area contributed by atoms with Crippen molar-refractivity contribution in [3.63, 3.8) is 0 Å². The Morgan fingerprint density at radius 2 is 2.38 bits per heavy atom. The van der Waals surface area contributed by atoms with Gasteiger partial charge in [-0.15, -0.1) is 0 Å². The molecule has 0 atom stereocenters. The summed E-state index contributed by atoms with van der Waals surface area (Å²) in [7, 11) is 1.83. The molecule has 1 N–H and O–H groups in total. The van der Waals surface area contributed by atoms with E-state index < -0.39 is 0 Å². The van der Waals surface area contributed by atoms with Crippen LogP contribution in [0.3, 0.4) is 0 Å². The summed E-state index contributed by atoms with van der Waals surface area (Å²) < 4.78 is 6.66. The van der Waals surface area contributed by atoms with Gasteiger partial charge in [-0.2, -0.15) is 5.10 Å². The predicted octanol–water partition coefficient (Wildman–Crippen LogP) is 1.59. The molecule has 5 nitrogen and oxygen atoms in total. The van der Waals surface area contributed by atoms with Gasteiger partial charge in [0.2, 0.25) is 0 Å². The van der Waals surface area contributed by atoms with Crippen molar-refractivity contribution in [2.45, 2.75) is 6.92 Å². The van der Waals surface area contributed by atoms with E-state index in [0.29, 0.717) is 12.2 Å². The van der Waals surface area contributed by atoms with Gasteiger partial charge in [-0.3, -0.25) is 4.68 Å². The molecule has 0 radical (unpaired) electrons. The molecule has 0 saturated heterocycles. The molecule has 2 heterocycles. The van der Waals surface area contributed by atoms with Crippen LogP contribution < -0.4 is 0 Å². The molecule has 0 aliphatic rings. The summed E-state index contributed by atoms with van der Waals surface area (Å²) in [4.78, 5) is 14.5. The van der Waals surface area contributed by atoms with Crippen LogP contribution in [0, 0.1) is 0 Å². The minimum atomic E-state index is -0.317. The smallest absolute Gasteiger partial charge is 0.340 e. The van der Waals surface area contributed by atoms with Gasteiger partial charge in [0.1, 0.15) is 0 Å². The number of aromatic nitrogens is 3. The van der Waals surface area contributed by atoms with Crippen molar-refractivity contribution in [2.24, 2.45) is 7.05 Å². The van der Waals surface area contributed by atoms with E-state index in [0.717, 1.165) is 11.1 Å². The van der Waals surface area contributed by atoms with Gasteiger partial charge >= 0.3 is 5.97 Å². The van der Waals surface area contributed by atoms with Gasteiger partial charge in [0, 0.05) is 36.8 Å². The number of hydrogen-bond donors (Lipinski definition) is 1. The molecule has 0 bridgehead atoms. The molecule has 2 aromatic heterocycles. The van der Waals surface area contributed by atoms with Crippen LogP contribution in [0.4, 0.5) is 0 Å². The molecular weight excluding hydrogens is 206 g/mol. The summed E-state index contributed by atoms with van der Waals surface area (Å²) in [6.45, 7) is 2.16. The quantitative estimate of drug-likeness (QED) is 0.797. The average Bonchev–Trinajstić information content (AvgIpc) is 2.85. The third kappa shape index (κ3) is 1.84. The Bertz CT molecular complexity index is 499. The molecule has 2 rings (SSSR count). The third-order valence-electron chi connectivity index (χ3n) is 2.26. The minimum absolute atomic E-state index is 0.317. The van der Waals surface area contributed by atoms with Crippen molar-refractivity contribution in [3.8, 4) is 11.1 Å². The van der Waals surface area contributed by atoms with Gasteiger partial charge in [0.05, 0.1) is 18.4 Å². The lowest BCUT2D eigenvalue weighted by Gasteiger charge is -2.01. The van der Waals surface area contributed by atoms with Crippen molar-refractivity contribution in [2.75, 3.05) is 6.61 Å². The van der Waals surface area contributed by atoms with Crippen LogP contribution in [0.15, 0.2) is 24.8 Å². The topological polar surface area (TPSA) is 59.9 Å². The van der Waals surface area contributed by atoms with E-state index in [1.165, 1.54) is 0 Å². The van der Waals surface area contributed by atoms with Crippen LogP contribution in [-0.2, 0) is 11.8 Å². The Balaban J connectivity index is 2.36. The fourth-order valence-corrected chi connectivity index (χ4v) is 1.54. The van der Waals surface area contributed by atoms with E-state index in [9.17, 15) is 4.79 Å². The lowest BCUT2D eigenvalue weighted by molar-refractivity contribution is 0.0527. The zero-order chi connectivity index (χ0) is 11.5. The van der Waals surface area contributed by atoms with Crippen LogP contribution in [0.5, 0.6) is 0 Å². The summed E-state index contributed by atoms with van der Waals surface area (Å²) in [5.41, 5.74) is 2.24. The number of nitrogens with one attached hydrogen (secondary N) is 1. The molecule has 0 saturated carbocycles. The summed E-state index contributed by atoms with van der Waals surface area (Å²) in [5.74, 6) is -0.317. The Morgan fingerprint density at radius 1 is 1.56 bits per heavy atom. The van der Waals surface area contributed by atoms with E-state index >= 15 is 0 Å². The second kappa shape index (κ2) is 4.22. The van der Waals surface area contributed by atoms with Crippen molar-refractivity contribution in [1.29, 1.82) is 0 Å². The molecule has 16 heavy (non-hydrogen) atoms. The molecule has 2 aromatic rings. The van der Waals surface area contributed by atoms with Crippen molar-refractivity contribution in [3.05, 3.63) is 30.4 Å². The van der Waals surface area contributed by atoms with Crippen molar-refractivity contribution < 1.29 is 9.53 Å². The van der Waals surface area contributed by atoms with E-state index in [2.05, 4.69) is 10.1 Å². The second-order valence-corrected chi connectivity index (χ2v) is 3.41. The first kappa shape index (κ1) is 10.5. The number of carbonyl (C=O) groups excluding carboxylic acids is 1. The highest BCUT2D eigenvalue weighted by Gasteiger charge is 2.15. The highest BCUT2D eigenvalue weighted by Crippen LogP contribution is 2.23. The first-order chi connectivity index (χ1) is 7.72. The molecule has 0 fully saturated rings. The maximum atomic E-state index is 11.6. The number of H-pyrrole nitrogens is 1. The number of aryl methyl sites for hydroxylation is 1. The fraction of sp³-hybridized carbons (Fsp3) is 0.273. The zero-order valence-corrected chi connectivity index (χ0v) is 9.23. The maximum absolute atomic E-state index is 11.6. The maximum Gasteiger partial charge on any atom is 0.340 e. The summed E-state index contributed by atoms with van der Waals surface area (Å²) in [6, 6.07) is 0. The fourth-order valence-electron chi connectivity index (χ4n) is 1.54. The van der Waals surface area contributed by atoms with Gasteiger partial charge in [0.15, 0.2) is 0 Å². The molecule has 0 spiro atoms. The molecule has 0 amide bonds. The van der Waals surface area contributed by atoms with E-state index in [-0.39, 0.29) is 5.97 Å². The van der Waals surface area contributed by atoms with Gasteiger partial charge in [-0.25, -0.2) is 4.79 Å². The van der Waals surface area contributed by atoms with Crippen molar-refractivity contribution in [1.82, 2.24) is 14.8 Å². The highest BCUT2D eigenvalue weighted by atomic mass is 16.5. The summed E-state index contributed by atoms with van der Waals surface area (Å²) in [6.07, 6.45) is 6.97. The Kier molecular flexibility index (Phi) is 2.76. The molecule has 5 heteroatoms. The standard InChI is InChI=1S/C11H13N3O2/c1-3-16-11(15)10-6-12-5-9(10)8-4-13-14(2)7-8/h4-7,12H,3H2,1-2H3. The van der Waals surface area contributed by atoms with Crippen LogP contribution in [-0.4, -0.2) is 27.3 Å². The predicted molar refractivity (Wildman–Crippen MR) is 59.0 cm³/mol. The zero-order valence-electron chi connectivity index (χ0n) is 9.23. The lowest BCUT2D eigenvalue weighted by atomic mass is 10.1. The van der Waals surface area contributed by atoms with Crippen LogP contribution in [0.1, 0.15) is 17.3 Å². The SMILES string of the molecule is CCOC(=O)c1c[nH]cc1-c1cnn(C)c1. The Morgan fingerprint density at radius 3 is 3.00 bits per heavy atom. The highest BCUT2D eigenvalue weighted by molar-refractivity contribution is 5.97. The van der Waals surface area contributed by atoms with Crippen LogP contribution >= 0.6 is 0 Å². The van der Waals surface area contributed by atoms with Crippen LogP contribution in [0.2, 0.25) is 0 Å². The molecule has 0 aromatic carbocycles. The monoisotopic (exact) mass is 219 g/mol. The number of ether oxygens (including phenoxy) is 1. The van der Waals surface area contributed by atoms with E-state index in [1.807, 2.05) is 13.2 Å².